The Bertz CT molecular complexity index is 519. The SMILES string of the molecule is [CH-]=C1c2ccccc2N(C(=O)OC(C)(C)C)CC1[CH2-].[Ni+2]. The summed E-state index contributed by atoms with van der Waals surface area (Å²) < 4.78 is 5.43. The average molecular weight is 316 g/mol. The number of carbonyl (C=O) groups excluding carboxylic acids is 1. The maximum Gasteiger partial charge on any atom is 2.00 e. The summed E-state index contributed by atoms with van der Waals surface area (Å²) in [4.78, 5) is 13.9. The second-order valence-electron chi connectivity index (χ2n) is 5.76. The molecule has 0 N–H and O–H groups in total. The van der Waals surface area contributed by atoms with Crippen LogP contribution in [0.3, 0.4) is 0 Å². The number of hydrogen-bond acceptors (Lipinski definition) is 2. The Labute approximate surface area is 130 Å². The fourth-order valence-corrected chi connectivity index (χ4v) is 2.08. The maximum absolute atomic E-state index is 12.3. The van der Waals surface area contributed by atoms with E-state index in [1.54, 1.807) is 4.90 Å². The van der Waals surface area contributed by atoms with Crippen LogP contribution < -0.4 is 4.90 Å². The van der Waals surface area contributed by atoms with Gasteiger partial charge < -0.3 is 11.7 Å². The van der Waals surface area contributed by atoms with Gasteiger partial charge in [0.1, 0.15) is 5.60 Å². The van der Waals surface area contributed by atoms with E-state index in [0.717, 1.165) is 16.8 Å². The van der Waals surface area contributed by atoms with E-state index in [4.69, 9.17) is 11.3 Å². The summed E-state index contributed by atoms with van der Waals surface area (Å²) in [5, 5.41) is 0. The molecule has 1 aliphatic rings. The second kappa shape index (κ2) is 6.01. The van der Waals surface area contributed by atoms with E-state index in [9.17, 15) is 4.79 Å². The van der Waals surface area contributed by atoms with Crippen LogP contribution in [0.25, 0.3) is 5.57 Å². The van der Waals surface area contributed by atoms with Crippen LogP contribution in [0.1, 0.15) is 26.3 Å². The van der Waals surface area contributed by atoms with E-state index in [1.165, 1.54) is 0 Å². The summed E-state index contributed by atoms with van der Waals surface area (Å²) in [5.74, 6) is -0.123. The third kappa shape index (κ3) is 3.43. The van der Waals surface area contributed by atoms with Crippen molar-refractivity contribution >= 4 is 17.4 Å². The number of para-hydroxylation sites is 1. The zero-order chi connectivity index (χ0) is 14.2. The zero-order valence-electron chi connectivity index (χ0n) is 12.0. The number of fused-ring (bicyclic) bond motifs is 1. The Kier molecular flexibility index (Phi) is 5.04. The first-order chi connectivity index (χ1) is 8.79. The van der Waals surface area contributed by atoms with Gasteiger partial charge in [0.25, 0.3) is 0 Å². The van der Waals surface area contributed by atoms with Crippen molar-refractivity contribution in [2.45, 2.75) is 26.4 Å². The van der Waals surface area contributed by atoms with E-state index in [-0.39, 0.29) is 28.5 Å². The maximum atomic E-state index is 12.3. The molecule has 1 aromatic carbocycles. The molecule has 0 aliphatic carbocycles. The molecule has 1 aromatic rings. The Morgan fingerprint density at radius 2 is 2.00 bits per heavy atom. The fraction of sp³-hybridized carbons (Fsp3) is 0.375. The summed E-state index contributed by atoms with van der Waals surface area (Å²) in [6, 6.07) is 7.56. The van der Waals surface area contributed by atoms with Crippen molar-refractivity contribution in [1.82, 2.24) is 0 Å². The van der Waals surface area contributed by atoms with Crippen molar-refractivity contribution in [2.24, 2.45) is 5.92 Å². The molecule has 3 nitrogen and oxygen atoms in total. The molecule has 1 unspecified atom stereocenters. The number of anilines is 1. The molecule has 0 spiro atoms. The first-order valence-electron chi connectivity index (χ1n) is 6.35. The van der Waals surface area contributed by atoms with E-state index >= 15 is 0 Å². The van der Waals surface area contributed by atoms with Crippen molar-refractivity contribution in [3.63, 3.8) is 0 Å². The molecule has 2 rings (SSSR count). The minimum Gasteiger partial charge on any atom is -0.443 e. The average Bonchev–Trinajstić information content (AvgIpc) is 2.31. The number of hydrogen-bond donors (Lipinski definition) is 0. The smallest absolute Gasteiger partial charge is 0.443 e. The first kappa shape index (κ1) is 16.8. The molecule has 0 radical (unpaired) electrons. The molecule has 0 saturated heterocycles. The van der Waals surface area contributed by atoms with Gasteiger partial charge in [0.15, 0.2) is 0 Å². The van der Waals surface area contributed by atoms with Crippen LogP contribution >= 0.6 is 0 Å². The van der Waals surface area contributed by atoms with Crippen LogP contribution in [0.5, 0.6) is 0 Å². The molecule has 1 atom stereocenters. The predicted molar refractivity (Wildman–Crippen MR) is 76.6 cm³/mol. The van der Waals surface area contributed by atoms with Crippen LogP contribution in [-0.2, 0) is 21.2 Å². The third-order valence-corrected chi connectivity index (χ3v) is 2.96. The molecule has 0 bridgehead atoms. The van der Waals surface area contributed by atoms with Crippen molar-refractivity contribution in [3.8, 4) is 0 Å². The molecule has 0 saturated carbocycles. The van der Waals surface area contributed by atoms with Crippen molar-refractivity contribution in [2.75, 3.05) is 11.4 Å². The van der Waals surface area contributed by atoms with Gasteiger partial charge in [-0.25, -0.2) is 10.4 Å². The van der Waals surface area contributed by atoms with Crippen molar-refractivity contribution in [1.29, 1.82) is 0 Å². The molecular weight excluding hydrogens is 297 g/mol. The van der Waals surface area contributed by atoms with Gasteiger partial charge >= 0.3 is 22.6 Å². The van der Waals surface area contributed by atoms with Crippen molar-refractivity contribution in [3.05, 3.63) is 43.3 Å². The summed E-state index contributed by atoms with van der Waals surface area (Å²) >= 11 is 0. The minimum absolute atomic E-state index is 0. The predicted octanol–water partition coefficient (Wildman–Crippen LogP) is 3.71. The summed E-state index contributed by atoms with van der Waals surface area (Å²) in [7, 11) is 0. The standard InChI is InChI=1S/C16H19NO2.Ni/c1-11-10-17(15(18)19-16(3,4)5)14-9-7-6-8-13(14)12(11)2;/h2,6-9,11H,1,10H2,3-5H3;/q-2;+2. The van der Waals surface area contributed by atoms with E-state index in [2.05, 4.69) is 6.92 Å². The Balaban J connectivity index is 0.00000200. The normalized spacial score (nSPS) is 18.1. The Morgan fingerprint density at radius 3 is 2.60 bits per heavy atom. The number of carbonyl (C=O) groups is 1. The molecule has 1 heterocycles. The first-order valence-corrected chi connectivity index (χ1v) is 6.35. The van der Waals surface area contributed by atoms with Gasteiger partial charge in [-0.05, 0) is 26.5 Å². The fourth-order valence-electron chi connectivity index (χ4n) is 2.08. The number of ether oxygens (including phenoxy) is 1. The number of amides is 1. The summed E-state index contributed by atoms with van der Waals surface area (Å²) in [6.07, 6.45) is -0.360. The van der Waals surface area contributed by atoms with Gasteiger partial charge in [-0.1, -0.05) is 18.2 Å². The minimum atomic E-state index is -0.518. The number of nitrogens with zero attached hydrogens (tertiary/aromatic N) is 1. The zero-order valence-corrected chi connectivity index (χ0v) is 12.9. The van der Waals surface area contributed by atoms with Crippen LogP contribution in [0, 0.1) is 19.4 Å². The molecule has 0 fully saturated rings. The van der Waals surface area contributed by atoms with Crippen molar-refractivity contribution < 1.29 is 26.0 Å². The van der Waals surface area contributed by atoms with Crippen LogP contribution in [0.15, 0.2) is 24.3 Å². The topological polar surface area (TPSA) is 29.5 Å². The molecule has 4 heteroatoms. The van der Waals surface area contributed by atoms with E-state index in [1.807, 2.05) is 45.0 Å². The Hall–Kier alpha value is -1.28. The van der Waals surface area contributed by atoms with Gasteiger partial charge in [0.2, 0.25) is 0 Å². The number of benzene rings is 1. The summed E-state index contributed by atoms with van der Waals surface area (Å²) in [5.41, 5.74) is 1.85. The number of rotatable bonds is 0. The second-order valence-corrected chi connectivity index (χ2v) is 5.76. The van der Waals surface area contributed by atoms with Gasteiger partial charge in [-0.3, -0.25) is 11.5 Å². The molecule has 20 heavy (non-hydrogen) atoms. The van der Waals surface area contributed by atoms with Gasteiger partial charge in [-0.2, -0.15) is 11.5 Å². The monoisotopic (exact) mass is 315 g/mol. The van der Waals surface area contributed by atoms with Crippen LogP contribution in [0.4, 0.5) is 10.5 Å². The molecule has 0 aromatic heterocycles. The van der Waals surface area contributed by atoms with E-state index < -0.39 is 5.60 Å². The van der Waals surface area contributed by atoms with Crippen LogP contribution in [0.2, 0.25) is 0 Å². The molecule has 1 aliphatic heterocycles. The molecule has 110 valence electrons. The van der Waals surface area contributed by atoms with E-state index in [0.29, 0.717) is 6.54 Å². The quantitative estimate of drug-likeness (QED) is 0.539. The Morgan fingerprint density at radius 1 is 1.40 bits per heavy atom. The van der Waals surface area contributed by atoms with Crippen LogP contribution in [-0.4, -0.2) is 18.2 Å². The largest absolute Gasteiger partial charge is 2.00 e. The van der Waals surface area contributed by atoms with Gasteiger partial charge in [-0.15, -0.1) is 6.07 Å². The van der Waals surface area contributed by atoms with Gasteiger partial charge in [0, 0.05) is 6.54 Å². The third-order valence-electron chi connectivity index (χ3n) is 2.96. The molecular formula is C16H19NNiO2. The van der Waals surface area contributed by atoms with Gasteiger partial charge in [0.05, 0.1) is 0 Å². The summed E-state index contributed by atoms with van der Waals surface area (Å²) in [6.45, 7) is 16.0. The molecule has 1 amide bonds.